The molecule has 0 unspecified atom stereocenters. The average Bonchev–Trinajstić information content (AvgIpc) is 3.04. The summed E-state index contributed by atoms with van der Waals surface area (Å²) in [4.78, 5) is 7.94. The monoisotopic (exact) mass is 556 g/mol. The Morgan fingerprint density at radius 3 is 2.42 bits per heavy atom. The van der Waals surface area contributed by atoms with Crippen LogP contribution in [0.1, 0.15) is 11.3 Å². The molecule has 1 aromatic heterocycles. The molecule has 0 saturated carbocycles. The second-order valence-electron chi connectivity index (χ2n) is 7.04. The molecule has 168 valence electrons. The van der Waals surface area contributed by atoms with Gasteiger partial charge in [0.05, 0.1) is 11.4 Å². The molecule has 7 nitrogen and oxygen atoms in total. The SMILES string of the molecule is CN=C(NCCOc1ccc(S(C)(=O)=O)cc1)NCCc1c(C)[nH]c2ccccc12.I. The zero-order valence-electron chi connectivity index (χ0n) is 17.9. The predicted molar refractivity (Wildman–Crippen MR) is 137 cm³/mol. The standard InChI is InChI=1S/C22H28N4O3S.HI/c1-16-19(20-6-4-5-7-21(20)26-16)12-13-24-22(23-2)25-14-15-29-17-8-10-18(11-9-17)30(3,27)28;/h4-11,26H,12-15H2,1-3H3,(H2,23,24,25);1H. The van der Waals surface area contributed by atoms with Gasteiger partial charge in [0.2, 0.25) is 0 Å². The number of fused-ring (bicyclic) bond motifs is 1. The highest BCUT2D eigenvalue weighted by molar-refractivity contribution is 14.0. The number of halogens is 1. The molecule has 0 bridgehead atoms. The number of benzene rings is 2. The van der Waals surface area contributed by atoms with E-state index in [1.807, 2.05) is 6.07 Å². The molecular weight excluding hydrogens is 527 g/mol. The number of hydrogen-bond donors (Lipinski definition) is 3. The van der Waals surface area contributed by atoms with E-state index >= 15 is 0 Å². The Hall–Kier alpha value is -2.27. The second kappa shape index (κ2) is 11.4. The molecule has 3 rings (SSSR count). The third-order valence-corrected chi connectivity index (χ3v) is 5.96. The fourth-order valence-corrected chi connectivity index (χ4v) is 3.94. The maximum Gasteiger partial charge on any atom is 0.191 e. The largest absolute Gasteiger partial charge is 0.492 e. The van der Waals surface area contributed by atoms with Crippen molar-refractivity contribution in [2.45, 2.75) is 18.2 Å². The lowest BCUT2D eigenvalue weighted by molar-refractivity contribution is 0.321. The maximum absolute atomic E-state index is 11.5. The van der Waals surface area contributed by atoms with Gasteiger partial charge in [0.15, 0.2) is 15.8 Å². The molecule has 0 aliphatic heterocycles. The van der Waals surface area contributed by atoms with Gasteiger partial charge in [-0.2, -0.15) is 0 Å². The van der Waals surface area contributed by atoms with Crippen LogP contribution >= 0.6 is 24.0 Å². The molecule has 3 aromatic rings. The van der Waals surface area contributed by atoms with E-state index in [2.05, 4.69) is 45.7 Å². The molecule has 1 heterocycles. The number of aliphatic imine (C=N–C) groups is 1. The number of rotatable bonds is 8. The lowest BCUT2D eigenvalue weighted by Crippen LogP contribution is -2.40. The third kappa shape index (κ3) is 6.86. The summed E-state index contributed by atoms with van der Waals surface area (Å²) in [6.45, 7) is 3.86. The van der Waals surface area contributed by atoms with E-state index in [9.17, 15) is 8.42 Å². The first-order valence-corrected chi connectivity index (χ1v) is 11.7. The number of nitrogens with zero attached hydrogens (tertiary/aromatic N) is 1. The van der Waals surface area contributed by atoms with Crippen LogP contribution in [-0.4, -0.2) is 52.4 Å². The molecule has 3 N–H and O–H groups in total. The highest BCUT2D eigenvalue weighted by Crippen LogP contribution is 2.21. The molecular formula is C22H29IN4O3S. The van der Waals surface area contributed by atoms with E-state index < -0.39 is 9.84 Å². The van der Waals surface area contributed by atoms with Gasteiger partial charge in [0.1, 0.15) is 12.4 Å². The maximum atomic E-state index is 11.5. The van der Waals surface area contributed by atoms with E-state index in [1.165, 1.54) is 22.9 Å². The number of hydrogen-bond acceptors (Lipinski definition) is 4. The van der Waals surface area contributed by atoms with Crippen molar-refractivity contribution in [2.24, 2.45) is 4.99 Å². The molecule has 0 fully saturated rings. The predicted octanol–water partition coefficient (Wildman–Crippen LogP) is 3.28. The lowest BCUT2D eigenvalue weighted by atomic mass is 10.1. The van der Waals surface area contributed by atoms with Crippen molar-refractivity contribution in [1.82, 2.24) is 15.6 Å². The van der Waals surface area contributed by atoms with Crippen LogP contribution in [0, 0.1) is 6.92 Å². The van der Waals surface area contributed by atoms with Crippen molar-refractivity contribution in [3.05, 3.63) is 59.8 Å². The Morgan fingerprint density at radius 2 is 1.74 bits per heavy atom. The fraction of sp³-hybridized carbons (Fsp3) is 0.318. The Kier molecular flexibility index (Phi) is 9.17. The zero-order valence-corrected chi connectivity index (χ0v) is 21.1. The van der Waals surface area contributed by atoms with Crippen LogP contribution in [0.5, 0.6) is 5.75 Å². The number of nitrogens with one attached hydrogen (secondary N) is 3. The van der Waals surface area contributed by atoms with Crippen LogP contribution in [0.25, 0.3) is 10.9 Å². The number of guanidine groups is 1. The molecule has 0 amide bonds. The van der Waals surface area contributed by atoms with Gasteiger partial charge in [-0.3, -0.25) is 4.99 Å². The summed E-state index contributed by atoms with van der Waals surface area (Å²) >= 11 is 0. The quantitative estimate of drug-likeness (QED) is 0.171. The normalized spacial score (nSPS) is 11.8. The summed E-state index contributed by atoms with van der Waals surface area (Å²) in [5.41, 5.74) is 3.67. The Morgan fingerprint density at radius 1 is 1.06 bits per heavy atom. The second-order valence-corrected chi connectivity index (χ2v) is 9.06. The molecule has 0 aliphatic rings. The first kappa shape index (κ1) is 25.0. The van der Waals surface area contributed by atoms with Gasteiger partial charge in [0.25, 0.3) is 0 Å². The summed E-state index contributed by atoms with van der Waals surface area (Å²) in [5.74, 6) is 1.34. The van der Waals surface area contributed by atoms with Crippen molar-refractivity contribution >= 4 is 50.7 Å². The summed E-state index contributed by atoms with van der Waals surface area (Å²) in [7, 11) is -1.46. The smallest absolute Gasteiger partial charge is 0.191 e. The summed E-state index contributed by atoms with van der Waals surface area (Å²) in [6.07, 6.45) is 2.07. The Bertz CT molecular complexity index is 1130. The zero-order chi connectivity index (χ0) is 21.6. The van der Waals surface area contributed by atoms with E-state index in [4.69, 9.17) is 4.74 Å². The van der Waals surface area contributed by atoms with Gasteiger partial charge >= 0.3 is 0 Å². The number of aromatic nitrogens is 1. The van der Waals surface area contributed by atoms with Gasteiger partial charge in [-0.05, 0) is 49.2 Å². The van der Waals surface area contributed by atoms with E-state index in [1.54, 1.807) is 31.3 Å². The van der Waals surface area contributed by atoms with Crippen LogP contribution in [0.4, 0.5) is 0 Å². The van der Waals surface area contributed by atoms with Crippen LogP contribution in [0.3, 0.4) is 0 Å². The Balaban J connectivity index is 0.00000341. The summed E-state index contributed by atoms with van der Waals surface area (Å²) < 4.78 is 28.6. The van der Waals surface area contributed by atoms with Crippen LogP contribution < -0.4 is 15.4 Å². The minimum atomic E-state index is -3.19. The molecule has 2 aromatic carbocycles. The minimum absolute atomic E-state index is 0. The van der Waals surface area contributed by atoms with E-state index in [-0.39, 0.29) is 28.9 Å². The first-order valence-electron chi connectivity index (χ1n) is 9.82. The van der Waals surface area contributed by atoms with Crippen LogP contribution in [0.2, 0.25) is 0 Å². The number of aromatic amines is 1. The highest BCUT2D eigenvalue weighted by Gasteiger charge is 2.08. The van der Waals surface area contributed by atoms with Crippen molar-refractivity contribution in [3.63, 3.8) is 0 Å². The summed E-state index contributed by atoms with van der Waals surface area (Å²) in [6, 6.07) is 14.7. The number of para-hydroxylation sites is 1. The molecule has 0 aliphatic carbocycles. The molecule has 0 atom stereocenters. The van der Waals surface area contributed by atoms with Crippen molar-refractivity contribution in [2.75, 3.05) is 33.0 Å². The number of sulfone groups is 1. The summed E-state index contributed by atoms with van der Waals surface area (Å²) in [5, 5.41) is 7.80. The van der Waals surface area contributed by atoms with Gasteiger partial charge in [-0.25, -0.2) is 8.42 Å². The van der Waals surface area contributed by atoms with Crippen molar-refractivity contribution in [3.8, 4) is 5.75 Å². The molecule has 0 saturated heterocycles. The first-order chi connectivity index (χ1) is 14.4. The van der Waals surface area contributed by atoms with Gasteiger partial charge < -0.3 is 20.4 Å². The average molecular weight is 556 g/mol. The van der Waals surface area contributed by atoms with Crippen LogP contribution in [-0.2, 0) is 16.3 Å². The lowest BCUT2D eigenvalue weighted by Gasteiger charge is -2.13. The molecule has 0 radical (unpaired) electrons. The third-order valence-electron chi connectivity index (χ3n) is 4.83. The number of aryl methyl sites for hydroxylation is 1. The molecule has 9 heteroatoms. The fourth-order valence-electron chi connectivity index (χ4n) is 3.30. The Labute approximate surface area is 200 Å². The van der Waals surface area contributed by atoms with Gasteiger partial charge in [0, 0.05) is 36.4 Å². The minimum Gasteiger partial charge on any atom is -0.492 e. The molecule has 31 heavy (non-hydrogen) atoms. The van der Waals surface area contributed by atoms with Crippen molar-refractivity contribution < 1.29 is 13.2 Å². The van der Waals surface area contributed by atoms with Crippen LogP contribution in [0.15, 0.2) is 58.4 Å². The van der Waals surface area contributed by atoms with Gasteiger partial charge in [-0.1, -0.05) is 18.2 Å². The topological polar surface area (TPSA) is 95.6 Å². The number of ether oxygens (including phenoxy) is 1. The van der Waals surface area contributed by atoms with Gasteiger partial charge in [-0.15, -0.1) is 24.0 Å². The number of H-pyrrole nitrogens is 1. The highest BCUT2D eigenvalue weighted by atomic mass is 127. The van der Waals surface area contributed by atoms with Crippen molar-refractivity contribution in [1.29, 1.82) is 0 Å². The van der Waals surface area contributed by atoms with E-state index in [0.29, 0.717) is 24.9 Å². The molecule has 0 spiro atoms. The van der Waals surface area contributed by atoms with E-state index in [0.717, 1.165) is 18.5 Å².